The highest BCUT2D eigenvalue weighted by Gasteiger charge is 2.02. The average molecular weight is 234 g/mol. The van der Waals surface area contributed by atoms with Gasteiger partial charge in [0.2, 0.25) is 0 Å². The van der Waals surface area contributed by atoms with Gasteiger partial charge in [0.15, 0.2) is 0 Å². The summed E-state index contributed by atoms with van der Waals surface area (Å²) in [4.78, 5) is 11.4. The van der Waals surface area contributed by atoms with Crippen LogP contribution in [0.4, 0.5) is 11.4 Å². The van der Waals surface area contributed by atoms with Gasteiger partial charge in [-0.2, -0.15) is 0 Å². The molecule has 0 saturated carbocycles. The molecule has 1 rings (SSSR count). The third-order valence-electron chi connectivity index (χ3n) is 2.13. The highest BCUT2D eigenvalue weighted by atomic mass is 16.3. The minimum atomic E-state index is -0.391. The van der Waals surface area contributed by atoms with Gasteiger partial charge in [-0.25, -0.2) is 0 Å². The maximum Gasteiger partial charge on any atom is 0.250 e. The molecule has 3 N–H and O–H groups in total. The molecule has 0 heterocycles. The third kappa shape index (κ3) is 4.70. The molecular formula is C13H18N2O2. The Bertz CT molecular complexity index is 396. The first kappa shape index (κ1) is 13.3. The molecule has 17 heavy (non-hydrogen) atoms. The molecule has 0 bridgehead atoms. The van der Waals surface area contributed by atoms with Gasteiger partial charge in [-0.15, -0.1) is 0 Å². The Morgan fingerprint density at radius 3 is 2.35 bits per heavy atom. The predicted molar refractivity (Wildman–Crippen MR) is 70.1 cm³/mol. The standard InChI is InChI=1S/C13H18N2O2/c1-9(2)13(17)15-12-6-4-11(5-7-12)14-8-10(3)16/h4-7,10,14,16H,1,8H2,2-3H3,(H,15,17). The van der Waals surface area contributed by atoms with Crippen molar-refractivity contribution in [1.82, 2.24) is 0 Å². The van der Waals surface area contributed by atoms with E-state index in [1.165, 1.54) is 0 Å². The van der Waals surface area contributed by atoms with Gasteiger partial charge in [-0.3, -0.25) is 4.79 Å². The predicted octanol–water partition coefficient (Wildman–Crippen LogP) is 1.99. The van der Waals surface area contributed by atoms with E-state index in [1.54, 1.807) is 26.0 Å². The van der Waals surface area contributed by atoms with Gasteiger partial charge in [0.25, 0.3) is 5.91 Å². The van der Waals surface area contributed by atoms with E-state index < -0.39 is 6.10 Å². The molecule has 0 saturated heterocycles. The lowest BCUT2D eigenvalue weighted by atomic mass is 10.2. The summed E-state index contributed by atoms with van der Waals surface area (Å²) in [5, 5.41) is 14.9. The molecule has 92 valence electrons. The van der Waals surface area contributed by atoms with E-state index in [0.717, 1.165) is 11.4 Å². The van der Waals surface area contributed by atoms with Gasteiger partial charge in [-0.05, 0) is 38.1 Å². The quantitative estimate of drug-likeness (QED) is 0.683. The van der Waals surface area contributed by atoms with Crippen LogP contribution < -0.4 is 10.6 Å². The molecule has 0 aromatic heterocycles. The number of amides is 1. The number of hydrogen-bond donors (Lipinski definition) is 3. The van der Waals surface area contributed by atoms with Crippen molar-refractivity contribution >= 4 is 17.3 Å². The number of carbonyl (C=O) groups is 1. The fourth-order valence-corrected chi connectivity index (χ4v) is 1.17. The number of nitrogens with one attached hydrogen (secondary N) is 2. The first-order valence-corrected chi connectivity index (χ1v) is 5.48. The highest BCUT2D eigenvalue weighted by molar-refractivity contribution is 6.02. The zero-order valence-electron chi connectivity index (χ0n) is 10.2. The maximum atomic E-state index is 11.4. The summed E-state index contributed by atoms with van der Waals surface area (Å²) in [6.07, 6.45) is -0.391. The Morgan fingerprint density at radius 2 is 1.88 bits per heavy atom. The lowest BCUT2D eigenvalue weighted by Gasteiger charge is -2.09. The van der Waals surface area contributed by atoms with Crippen molar-refractivity contribution in [1.29, 1.82) is 0 Å². The van der Waals surface area contributed by atoms with E-state index in [-0.39, 0.29) is 5.91 Å². The summed E-state index contributed by atoms with van der Waals surface area (Å²) in [7, 11) is 0. The molecule has 0 fully saturated rings. The number of carbonyl (C=O) groups excluding carboxylic acids is 1. The van der Waals surface area contributed by atoms with Crippen LogP contribution in [0.3, 0.4) is 0 Å². The van der Waals surface area contributed by atoms with Gasteiger partial charge < -0.3 is 15.7 Å². The van der Waals surface area contributed by atoms with Crippen molar-refractivity contribution in [2.75, 3.05) is 17.2 Å². The summed E-state index contributed by atoms with van der Waals surface area (Å²) in [6, 6.07) is 7.28. The zero-order valence-corrected chi connectivity index (χ0v) is 10.2. The molecule has 0 aliphatic carbocycles. The van der Waals surface area contributed by atoms with E-state index in [2.05, 4.69) is 17.2 Å². The molecular weight excluding hydrogens is 216 g/mol. The molecule has 1 aromatic rings. The van der Waals surface area contributed by atoms with E-state index in [4.69, 9.17) is 5.11 Å². The van der Waals surface area contributed by atoms with E-state index in [1.807, 2.05) is 12.1 Å². The van der Waals surface area contributed by atoms with Crippen LogP contribution in [0.25, 0.3) is 0 Å². The summed E-state index contributed by atoms with van der Waals surface area (Å²) in [6.45, 7) is 7.44. The van der Waals surface area contributed by atoms with Crippen LogP contribution in [-0.4, -0.2) is 23.7 Å². The molecule has 0 aliphatic heterocycles. The Labute approximate surface area is 101 Å². The number of hydrogen-bond acceptors (Lipinski definition) is 3. The topological polar surface area (TPSA) is 61.4 Å². The highest BCUT2D eigenvalue weighted by Crippen LogP contribution is 2.14. The van der Waals surface area contributed by atoms with Gasteiger partial charge in [0.05, 0.1) is 6.10 Å². The summed E-state index contributed by atoms with van der Waals surface area (Å²) < 4.78 is 0. The van der Waals surface area contributed by atoms with Gasteiger partial charge in [0, 0.05) is 23.5 Å². The largest absolute Gasteiger partial charge is 0.392 e. The van der Waals surface area contributed by atoms with E-state index in [9.17, 15) is 4.79 Å². The maximum absolute atomic E-state index is 11.4. The van der Waals surface area contributed by atoms with Crippen LogP contribution >= 0.6 is 0 Å². The van der Waals surface area contributed by atoms with Crippen LogP contribution in [-0.2, 0) is 4.79 Å². The van der Waals surface area contributed by atoms with E-state index >= 15 is 0 Å². The van der Waals surface area contributed by atoms with Crippen molar-refractivity contribution in [3.63, 3.8) is 0 Å². The Balaban J connectivity index is 2.56. The SMILES string of the molecule is C=C(C)C(=O)Nc1ccc(NCC(C)O)cc1. The molecule has 4 nitrogen and oxygen atoms in total. The third-order valence-corrected chi connectivity index (χ3v) is 2.13. The molecule has 1 aromatic carbocycles. The first-order valence-electron chi connectivity index (χ1n) is 5.48. The molecule has 1 amide bonds. The van der Waals surface area contributed by atoms with Gasteiger partial charge in [-0.1, -0.05) is 6.58 Å². The molecule has 0 spiro atoms. The van der Waals surface area contributed by atoms with Crippen LogP contribution in [0, 0.1) is 0 Å². The number of aliphatic hydroxyl groups excluding tert-OH is 1. The smallest absolute Gasteiger partial charge is 0.250 e. The fourth-order valence-electron chi connectivity index (χ4n) is 1.17. The molecule has 4 heteroatoms. The van der Waals surface area contributed by atoms with Crippen LogP contribution in [0.1, 0.15) is 13.8 Å². The zero-order chi connectivity index (χ0) is 12.8. The first-order chi connectivity index (χ1) is 7.99. The van der Waals surface area contributed by atoms with Crippen molar-refractivity contribution in [2.45, 2.75) is 20.0 Å². The molecule has 0 aliphatic rings. The van der Waals surface area contributed by atoms with E-state index in [0.29, 0.717) is 12.1 Å². The van der Waals surface area contributed by atoms with Crippen LogP contribution in [0.5, 0.6) is 0 Å². The second kappa shape index (κ2) is 6.06. The Kier molecular flexibility index (Phi) is 4.72. The minimum absolute atomic E-state index is 0.185. The van der Waals surface area contributed by atoms with Gasteiger partial charge in [0.1, 0.15) is 0 Å². The average Bonchev–Trinajstić information content (AvgIpc) is 2.28. The fraction of sp³-hybridized carbons (Fsp3) is 0.308. The normalized spacial score (nSPS) is 11.7. The number of anilines is 2. The second-order valence-corrected chi connectivity index (χ2v) is 4.04. The van der Waals surface area contributed by atoms with Crippen molar-refractivity contribution < 1.29 is 9.90 Å². The van der Waals surface area contributed by atoms with Crippen molar-refractivity contribution in [2.24, 2.45) is 0 Å². The Morgan fingerprint density at radius 1 is 1.35 bits per heavy atom. The minimum Gasteiger partial charge on any atom is -0.392 e. The molecule has 1 unspecified atom stereocenters. The van der Waals surface area contributed by atoms with Gasteiger partial charge >= 0.3 is 0 Å². The lowest BCUT2D eigenvalue weighted by Crippen LogP contribution is -2.15. The Hall–Kier alpha value is -1.81. The number of benzene rings is 1. The number of aliphatic hydroxyl groups is 1. The van der Waals surface area contributed by atoms with Crippen molar-refractivity contribution in [3.8, 4) is 0 Å². The molecule has 0 radical (unpaired) electrons. The monoisotopic (exact) mass is 234 g/mol. The van der Waals surface area contributed by atoms with Crippen LogP contribution in [0.15, 0.2) is 36.4 Å². The molecule has 1 atom stereocenters. The summed E-state index contributed by atoms with van der Waals surface area (Å²) in [5.74, 6) is -0.185. The lowest BCUT2D eigenvalue weighted by molar-refractivity contribution is -0.112. The van der Waals surface area contributed by atoms with Crippen molar-refractivity contribution in [3.05, 3.63) is 36.4 Å². The summed E-state index contributed by atoms with van der Waals surface area (Å²) >= 11 is 0. The van der Waals surface area contributed by atoms with Crippen LogP contribution in [0.2, 0.25) is 0 Å². The second-order valence-electron chi connectivity index (χ2n) is 4.04. The summed E-state index contributed by atoms with van der Waals surface area (Å²) in [5.41, 5.74) is 2.10. The number of rotatable bonds is 5.